The van der Waals surface area contributed by atoms with Gasteiger partial charge in [0, 0.05) is 19.3 Å². The number of unbranched alkanes of at least 4 members (excludes halogenated alkanes) is 20. The standard InChI is InChI=1S/C74H118O6/c1-4-7-10-13-16-19-22-25-28-31-32-33-34-35-36-37-38-39-40-41-42-44-46-49-52-55-58-61-64-67-73(76)79-70-71(69-78-72(75)66-63-60-57-54-51-48-45-30-27-24-21-18-15-12-9-6-3)80-74(77)68-65-62-59-56-53-50-47-43-29-26-23-20-17-14-11-8-5-2/h7-8,10-11,16-17,19-20,25-26,28-30,32-33,35-36,38-39,41-42,45-47,49-50,71H,4-6,9,12-15,18,21-24,27,31,34,37,40,43-44,48,51-70H2,1-3H3/b10-7-,11-8-,19-16-,20-17-,28-25-,29-26-,33-32-,36-35-,39-38-,42-41-,45-30-,49-46-,50-47-. The molecule has 0 aliphatic heterocycles. The Balaban J connectivity index is 4.47. The van der Waals surface area contributed by atoms with E-state index in [1.54, 1.807) is 0 Å². The highest BCUT2D eigenvalue weighted by atomic mass is 16.6. The summed E-state index contributed by atoms with van der Waals surface area (Å²) in [7, 11) is 0. The lowest BCUT2D eigenvalue weighted by Crippen LogP contribution is -2.30. The SMILES string of the molecule is CC/C=C\C/C=C\C/C=C\C/C=C\C/C=C\C/C=C\C/C=C\C/C=C\CCCCCCC(=O)OCC(COC(=O)CCCCCCC/C=C\CCCCCCCCC)OC(=O)CCCCCC/C=C\C/C=C\C/C=C\C/C=C\CC. The van der Waals surface area contributed by atoms with Crippen LogP contribution < -0.4 is 0 Å². The summed E-state index contributed by atoms with van der Waals surface area (Å²) < 4.78 is 16.9. The molecule has 0 saturated carbocycles. The van der Waals surface area contributed by atoms with Crippen LogP contribution in [0.3, 0.4) is 0 Å². The van der Waals surface area contributed by atoms with Gasteiger partial charge in [-0.25, -0.2) is 0 Å². The van der Waals surface area contributed by atoms with E-state index in [4.69, 9.17) is 14.2 Å². The van der Waals surface area contributed by atoms with Gasteiger partial charge in [0.2, 0.25) is 0 Å². The molecule has 0 amide bonds. The summed E-state index contributed by atoms with van der Waals surface area (Å²) in [6.45, 7) is 6.36. The summed E-state index contributed by atoms with van der Waals surface area (Å²) in [5, 5.41) is 0. The highest BCUT2D eigenvalue weighted by Crippen LogP contribution is 2.14. The maximum atomic E-state index is 12.9. The van der Waals surface area contributed by atoms with Crippen molar-refractivity contribution in [2.24, 2.45) is 0 Å². The quantitative estimate of drug-likeness (QED) is 0.0261. The van der Waals surface area contributed by atoms with E-state index in [9.17, 15) is 14.4 Å². The van der Waals surface area contributed by atoms with Crippen LogP contribution in [0.25, 0.3) is 0 Å². The summed E-state index contributed by atoms with van der Waals surface area (Å²) in [5.41, 5.74) is 0. The molecule has 450 valence electrons. The second-order valence-electron chi connectivity index (χ2n) is 20.9. The van der Waals surface area contributed by atoms with Gasteiger partial charge in [0.25, 0.3) is 0 Å². The Bertz CT molecular complexity index is 1790. The molecule has 0 aromatic rings. The molecule has 0 N–H and O–H groups in total. The third-order valence-corrected chi connectivity index (χ3v) is 13.2. The molecule has 0 aromatic heterocycles. The van der Waals surface area contributed by atoms with Gasteiger partial charge in [-0.05, 0) is 148 Å². The van der Waals surface area contributed by atoms with Crippen molar-refractivity contribution in [2.75, 3.05) is 13.2 Å². The molecule has 0 aliphatic carbocycles. The molecule has 0 bridgehead atoms. The van der Waals surface area contributed by atoms with E-state index in [0.717, 1.165) is 173 Å². The zero-order valence-electron chi connectivity index (χ0n) is 51.5. The fraction of sp³-hybridized carbons (Fsp3) is 0.608. The van der Waals surface area contributed by atoms with Crippen molar-refractivity contribution < 1.29 is 28.6 Å². The molecule has 0 fully saturated rings. The molecule has 0 aliphatic rings. The molecule has 80 heavy (non-hydrogen) atoms. The summed E-state index contributed by atoms with van der Waals surface area (Å²) in [5.74, 6) is -0.966. The number of ether oxygens (including phenoxy) is 3. The molecular weight excluding hydrogens is 985 g/mol. The third kappa shape index (κ3) is 63.9. The molecule has 0 heterocycles. The Labute approximate surface area is 492 Å². The molecule has 0 spiro atoms. The van der Waals surface area contributed by atoms with Gasteiger partial charge in [-0.15, -0.1) is 0 Å². The molecule has 0 rings (SSSR count). The Kier molecular flexibility index (Phi) is 62.4. The largest absolute Gasteiger partial charge is 0.462 e. The number of carbonyl (C=O) groups is 3. The highest BCUT2D eigenvalue weighted by molar-refractivity contribution is 5.71. The summed E-state index contributed by atoms with van der Waals surface area (Å²) >= 11 is 0. The normalized spacial score (nSPS) is 13.2. The van der Waals surface area contributed by atoms with Gasteiger partial charge < -0.3 is 14.2 Å². The molecule has 1 unspecified atom stereocenters. The zero-order chi connectivity index (χ0) is 57.8. The molecule has 6 heteroatoms. The minimum absolute atomic E-state index is 0.106. The van der Waals surface area contributed by atoms with Gasteiger partial charge in [0.05, 0.1) is 0 Å². The highest BCUT2D eigenvalue weighted by Gasteiger charge is 2.19. The Morgan fingerprint density at radius 1 is 0.263 bits per heavy atom. The average Bonchev–Trinajstić information content (AvgIpc) is 3.46. The zero-order valence-corrected chi connectivity index (χ0v) is 51.5. The first kappa shape index (κ1) is 75.0. The van der Waals surface area contributed by atoms with Gasteiger partial charge in [-0.3, -0.25) is 14.4 Å². The van der Waals surface area contributed by atoms with Crippen molar-refractivity contribution in [2.45, 2.75) is 277 Å². The van der Waals surface area contributed by atoms with Crippen LogP contribution in [0.4, 0.5) is 0 Å². The number of hydrogen-bond donors (Lipinski definition) is 0. The summed E-state index contributed by atoms with van der Waals surface area (Å²) in [6.07, 6.45) is 96.7. The van der Waals surface area contributed by atoms with Crippen molar-refractivity contribution in [3.05, 3.63) is 158 Å². The van der Waals surface area contributed by atoms with E-state index < -0.39 is 6.10 Å². The summed E-state index contributed by atoms with van der Waals surface area (Å²) in [6, 6.07) is 0. The molecule has 0 saturated heterocycles. The number of rotatable bonds is 57. The van der Waals surface area contributed by atoms with E-state index >= 15 is 0 Å². The molecule has 1 atom stereocenters. The monoisotopic (exact) mass is 1100 g/mol. The lowest BCUT2D eigenvalue weighted by molar-refractivity contribution is -0.167. The van der Waals surface area contributed by atoms with E-state index in [1.807, 2.05) is 0 Å². The molecule has 6 nitrogen and oxygen atoms in total. The van der Waals surface area contributed by atoms with Gasteiger partial charge in [-0.1, -0.05) is 262 Å². The number of allylic oxidation sites excluding steroid dienone is 26. The van der Waals surface area contributed by atoms with Crippen LogP contribution in [0.2, 0.25) is 0 Å². The smallest absolute Gasteiger partial charge is 0.306 e. The van der Waals surface area contributed by atoms with Gasteiger partial charge in [-0.2, -0.15) is 0 Å². The van der Waals surface area contributed by atoms with Crippen LogP contribution in [0.1, 0.15) is 271 Å². The van der Waals surface area contributed by atoms with Crippen LogP contribution in [0.15, 0.2) is 158 Å². The third-order valence-electron chi connectivity index (χ3n) is 13.2. The maximum absolute atomic E-state index is 12.9. The lowest BCUT2D eigenvalue weighted by atomic mass is 10.1. The molecular formula is C74H118O6. The lowest BCUT2D eigenvalue weighted by Gasteiger charge is -2.18. The first-order valence-corrected chi connectivity index (χ1v) is 32.5. The second kappa shape index (κ2) is 66.5. The molecule has 0 aromatic carbocycles. The molecule has 0 radical (unpaired) electrons. The second-order valence-corrected chi connectivity index (χ2v) is 20.9. The first-order chi connectivity index (χ1) is 39.5. The van der Waals surface area contributed by atoms with Gasteiger partial charge in [0.15, 0.2) is 6.10 Å². The fourth-order valence-electron chi connectivity index (χ4n) is 8.44. The minimum atomic E-state index is -0.814. The van der Waals surface area contributed by atoms with E-state index in [0.29, 0.717) is 12.8 Å². The van der Waals surface area contributed by atoms with Crippen LogP contribution in [0, 0.1) is 0 Å². The first-order valence-electron chi connectivity index (χ1n) is 32.5. The van der Waals surface area contributed by atoms with Gasteiger partial charge >= 0.3 is 17.9 Å². The van der Waals surface area contributed by atoms with Crippen LogP contribution in [-0.4, -0.2) is 37.2 Å². The van der Waals surface area contributed by atoms with Crippen LogP contribution in [-0.2, 0) is 28.6 Å². The van der Waals surface area contributed by atoms with Crippen LogP contribution in [0.5, 0.6) is 0 Å². The van der Waals surface area contributed by atoms with Crippen molar-refractivity contribution in [3.8, 4) is 0 Å². The van der Waals surface area contributed by atoms with E-state index in [2.05, 4.69) is 179 Å². The number of esters is 3. The van der Waals surface area contributed by atoms with Gasteiger partial charge in [0.1, 0.15) is 13.2 Å². The van der Waals surface area contributed by atoms with Crippen molar-refractivity contribution in [3.63, 3.8) is 0 Å². The Morgan fingerprint density at radius 3 is 0.775 bits per heavy atom. The number of carbonyl (C=O) groups excluding carboxylic acids is 3. The average molecular weight is 1100 g/mol. The summed E-state index contributed by atoms with van der Waals surface area (Å²) in [4.78, 5) is 38.3. The van der Waals surface area contributed by atoms with E-state index in [-0.39, 0.29) is 37.5 Å². The Hall–Kier alpha value is -4.97. The predicted octanol–water partition coefficient (Wildman–Crippen LogP) is 22.5. The van der Waals surface area contributed by atoms with Crippen molar-refractivity contribution in [1.82, 2.24) is 0 Å². The topological polar surface area (TPSA) is 78.9 Å². The predicted molar refractivity (Wildman–Crippen MR) is 348 cm³/mol. The fourth-order valence-corrected chi connectivity index (χ4v) is 8.44. The van der Waals surface area contributed by atoms with Crippen molar-refractivity contribution in [1.29, 1.82) is 0 Å². The maximum Gasteiger partial charge on any atom is 0.306 e. The number of hydrogen-bond acceptors (Lipinski definition) is 6. The van der Waals surface area contributed by atoms with Crippen LogP contribution >= 0.6 is 0 Å². The van der Waals surface area contributed by atoms with E-state index in [1.165, 1.54) is 57.8 Å². The minimum Gasteiger partial charge on any atom is -0.462 e. The Morgan fingerprint density at radius 2 is 0.487 bits per heavy atom. The van der Waals surface area contributed by atoms with Crippen molar-refractivity contribution >= 4 is 17.9 Å².